The standard InChI is InChI=1S/C14H13BrN2O4/c1-21-12-7-9(4-5-10(12)15)16-13(18)8-17-6-2-3-11(17)14(19)20/h2-7H,8H2,1H3,(H,16,18)(H,19,20). The van der Waals surface area contributed by atoms with E-state index in [-0.39, 0.29) is 18.1 Å². The second-order valence-electron chi connectivity index (χ2n) is 4.22. The Balaban J connectivity index is 2.08. The summed E-state index contributed by atoms with van der Waals surface area (Å²) in [5, 5.41) is 11.7. The van der Waals surface area contributed by atoms with Crippen LogP contribution in [0.1, 0.15) is 10.5 Å². The van der Waals surface area contributed by atoms with Gasteiger partial charge in [-0.15, -0.1) is 0 Å². The second kappa shape index (κ2) is 6.45. The Morgan fingerprint density at radius 2 is 2.14 bits per heavy atom. The van der Waals surface area contributed by atoms with Crippen molar-refractivity contribution >= 4 is 33.5 Å². The van der Waals surface area contributed by atoms with E-state index in [4.69, 9.17) is 9.84 Å². The SMILES string of the molecule is COc1cc(NC(=O)Cn2cccc2C(=O)O)ccc1Br. The number of carboxylic acids is 1. The van der Waals surface area contributed by atoms with Crippen LogP contribution in [0.3, 0.4) is 0 Å². The number of carbonyl (C=O) groups is 2. The third-order valence-electron chi connectivity index (χ3n) is 2.80. The van der Waals surface area contributed by atoms with Gasteiger partial charge in [-0.05, 0) is 40.2 Å². The van der Waals surface area contributed by atoms with E-state index in [0.717, 1.165) is 4.47 Å². The Morgan fingerprint density at radius 1 is 1.38 bits per heavy atom. The number of carboxylic acid groups (broad SMARTS) is 1. The normalized spacial score (nSPS) is 10.2. The number of nitrogens with one attached hydrogen (secondary N) is 1. The number of nitrogens with zero attached hydrogens (tertiary/aromatic N) is 1. The zero-order chi connectivity index (χ0) is 15.4. The smallest absolute Gasteiger partial charge is 0.352 e. The first-order valence-corrected chi connectivity index (χ1v) is 6.82. The summed E-state index contributed by atoms with van der Waals surface area (Å²) in [6.45, 7) is -0.0764. The van der Waals surface area contributed by atoms with Gasteiger partial charge in [-0.3, -0.25) is 4.79 Å². The van der Waals surface area contributed by atoms with Crippen molar-refractivity contribution in [2.45, 2.75) is 6.54 Å². The number of rotatable bonds is 5. The molecule has 0 bridgehead atoms. The van der Waals surface area contributed by atoms with Gasteiger partial charge in [-0.25, -0.2) is 4.79 Å². The summed E-state index contributed by atoms with van der Waals surface area (Å²) in [6.07, 6.45) is 1.55. The number of amides is 1. The van der Waals surface area contributed by atoms with Gasteiger partial charge in [0.15, 0.2) is 0 Å². The van der Waals surface area contributed by atoms with Crippen molar-refractivity contribution in [3.63, 3.8) is 0 Å². The average molecular weight is 353 g/mol. The van der Waals surface area contributed by atoms with Crippen LogP contribution in [-0.2, 0) is 11.3 Å². The predicted molar refractivity (Wildman–Crippen MR) is 80.7 cm³/mol. The zero-order valence-electron chi connectivity index (χ0n) is 11.2. The molecular weight excluding hydrogens is 340 g/mol. The molecule has 0 saturated carbocycles. The van der Waals surface area contributed by atoms with E-state index in [0.29, 0.717) is 11.4 Å². The van der Waals surface area contributed by atoms with E-state index in [1.807, 2.05) is 0 Å². The van der Waals surface area contributed by atoms with Crippen molar-refractivity contribution in [1.29, 1.82) is 0 Å². The van der Waals surface area contributed by atoms with Gasteiger partial charge in [-0.2, -0.15) is 0 Å². The molecule has 2 N–H and O–H groups in total. The molecule has 110 valence electrons. The molecule has 0 atom stereocenters. The minimum Gasteiger partial charge on any atom is -0.495 e. The summed E-state index contributed by atoms with van der Waals surface area (Å²) in [6, 6.07) is 8.18. The molecule has 7 heteroatoms. The maximum atomic E-state index is 12.0. The van der Waals surface area contributed by atoms with Gasteiger partial charge in [0.2, 0.25) is 5.91 Å². The zero-order valence-corrected chi connectivity index (χ0v) is 12.8. The summed E-state index contributed by atoms with van der Waals surface area (Å²) >= 11 is 3.32. The van der Waals surface area contributed by atoms with E-state index in [2.05, 4.69) is 21.2 Å². The second-order valence-corrected chi connectivity index (χ2v) is 5.08. The topological polar surface area (TPSA) is 80.6 Å². The van der Waals surface area contributed by atoms with Crippen LogP contribution in [0.25, 0.3) is 0 Å². The van der Waals surface area contributed by atoms with Gasteiger partial charge in [0.05, 0.1) is 11.6 Å². The lowest BCUT2D eigenvalue weighted by Gasteiger charge is -2.10. The monoisotopic (exact) mass is 352 g/mol. The van der Waals surface area contributed by atoms with E-state index >= 15 is 0 Å². The summed E-state index contributed by atoms with van der Waals surface area (Å²) in [5.74, 6) is -0.795. The highest BCUT2D eigenvalue weighted by molar-refractivity contribution is 9.10. The van der Waals surface area contributed by atoms with Crippen LogP contribution in [0.15, 0.2) is 41.0 Å². The molecule has 6 nitrogen and oxygen atoms in total. The molecule has 0 fully saturated rings. The van der Waals surface area contributed by atoms with Gasteiger partial charge in [0.25, 0.3) is 0 Å². The Bertz CT molecular complexity index is 681. The Morgan fingerprint density at radius 3 is 2.81 bits per heavy atom. The fourth-order valence-electron chi connectivity index (χ4n) is 1.84. The number of ether oxygens (including phenoxy) is 1. The molecule has 0 aliphatic carbocycles. The molecule has 0 aliphatic heterocycles. The molecule has 1 aromatic heterocycles. The Labute approximate surface area is 129 Å². The summed E-state index contributed by atoms with van der Waals surface area (Å²) in [4.78, 5) is 22.9. The van der Waals surface area contributed by atoms with Crippen LogP contribution in [0, 0.1) is 0 Å². The van der Waals surface area contributed by atoms with Crippen molar-refractivity contribution in [3.05, 3.63) is 46.7 Å². The van der Waals surface area contributed by atoms with Crippen molar-refractivity contribution in [2.75, 3.05) is 12.4 Å². The summed E-state index contributed by atoms with van der Waals surface area (Å²) in [5.41, 5.74) is 0.641. The van der Waals surface area contributed by atoms with Crippen LogP contribution in [0.2, 0.25) is 0 Å². The third kappa shape index (κ3) is 3.63. The summed E-state index contributed by atoms with van der Waals surface area (Å²) in [7, 11) is 1.53. The number of benzene rings is 1. The minimum absolute atomic E-state index is 0.0681. The van der Waals surface area contributed by atoms with Gasteiger partial charge in [-0.1, -0.05) is 0 Å². The highest BCUT2D eigenvalue weighted by atomic mass is 79.9. The largest absolute Gasteiger partial charge is 0.495 e. The molecule has 0 unspecified atom stereocenters. The van der Waals surface area contributed by atoms with Crippen molar-refractivity contribution < 1.29 is 19.4 Å². The van der Waals surface area contributed by atoms with E-state index < -0.39 is 5.97 Å². The maximum Gasteiger partial charge on any atom is 0.352 e. The summed E-state index contributed by atoms with van der Waals surface area (Å²) < 4.78 is 7.29. The van der Waals surface area contributed by atoms with E-state index in [1.165, 1.54) is 17.7 Å². The van der Waals surface area contributed by atoms with Crippen molar-refractivity contribution in [1.82, 2.24) is 4.57 Å². The number of carbonyl (C=O) groups excluding carboxylic acids is 1. The van der Waals surface area contributed by atoms with E-state index in [9.17, 15) is 9.59 Å². The fourth-order valence-corrected chi connectivity index (χ4v) is 2.25. The molecule has 0 aliphatic rings. The number of anilines is 1. The van der Waals surface area contributed by atoms with Crippen LogP contribution in [0.5, 0.6) is 5.75 Å². The first-order chi connectivity index (χ1) is 10.0. The molecule has 1 amide bonds. The minimum atomic E-state index is -1.07. The molecule has 21 heavy (non-hydrogen) atoms. The molecule has 0 saturated heterocycles. The third-order valence-corrected chi connectivity index (χ3v) is 3.45. The van der Waals surface area contributed by atoms with Crippen molar-refractivity contribution in [3.8, 4) is 5.75 Å². The number of hydrogen-bond acceptors (Lipinski definition) is 3. The number of aromatic carboxylic acids is 1. The first kappa shape index (κ1) is 15.1. The molecule has 1 aromatic carbocycles. The maximum absolute atomic E-state index is 12.0. The molecule has 0 spiro atoms. The lowest BCUT2D eigenvalue weighted by molar-refractivity contribution is -0.116. The van der Waals surface area contributed by atoms with E-state index in [1.54, 1.807) is 30.5 Å². The molecular formula is C14H13BrN2O4. The lowest BCUT2D eigenvalue weighted by Crippen LogP contribution is -2.20. The molecule has 2 aromatic rings. The highest BCUT2D eigenvalue weighted by Crippen LogP contribution is 2.27. The van der Waals surface area contributed by atoms with Gasteiger partial charge >= 0.3 is 5.97 Å². The fraction of sp³-hybridized carbons (Fsp3) is 0.143. The molecule has 1 heterocycles. The van der Waals surface area contributed by atoms with Crippen molar-refractivity contribution in [2.24, 2.45) is 0 Å². The van der Waals surface area contributed by atoms with Gasteiger partial charge in [0, 0.05) is 18.0 Å². The lowest BCUT2D eigenvalue weighted by atomic mass is 10.3. The van der Waals surface area contributed by atoms with Gasteiger partial charge in [0.1, 0.15) is 18.0 Å². The van der Waals surface area contributed by atoms with Crippen LogP contribution < -0.4 is 10.1 Å². The first-order valence-electron chi connectivity index (χ1n) is 6.03. The highest BCUT2D eigenvalue weighted by Gasteiger charge is 2.12. The average Bonchev–Trinajstić information content (AvgIpc) is 2.89. The number of halogens is 1. The predicted octanol–water partition coefficient (Wildman–Crippen LogP) is 2.60. The molecule has 0 radical (unpaired) electrons. The Hall–Kier alpha value is -2.28. The number of hydrogen-bond donors (Lipinski definition) is 2. The quantitative estimate of drug-likeness (QED) is 0.866. The number of methoxy groups -OCH3 is 1. The number of aromatic nitrogens is 1. The van der Waals surface area contributed by atoms with Crippen LogP contribution in [-0.4, -0.2) is 28.7 Å². The Kier molecular flexibility index (Phi) is 4.64. The van der Waals surface area contributed by atoms with Gasteiger partial charge < -0.3 is 19.7 Å². The van der Waals surface area contributed by atoms with Crippen LogP contribution >= 0.6 is 15.9 Å². The molecule has 2 rings (SSSR count). The van der Waals surface area contributed by atoms with Crippen LogP contribution in [0.4, 0.5) is 5.69 Å².